The summed E-state index contributed by atoms with van der Waals surface area (Å²) < 4.78 is 11.6. The van der Waals surface area contributed by atoms with Crippen LogP contribution in [-0.4, -0.2) is 37.8 Å². The molecule has 8 nitrogen and oxygen atoms in total. The Hall–Kier alpha value is -11.4. The summed E-state index contributed by atoms with van der Waals surface area (Å²) in [6.45, 7) is 0. The molecule has 386 valence electrons. The Bertz CT molecular complexity index is 5420. The predicted molar refractivity (Wildman–Crippen MR) is 342 cm³/mol. The number of hydrogen-bond donors (Lipinski definition) is 0. The first-order valence-electron chi connectivity index (χ1n) is 28.2. The molecule has 18 aromatic rings. The van der Waals surface area contributed by atoms with Crippen LogP contribution in [0.2, 0.25) is 0 Å². The van der Waals surface area contributed by atoms with Crippen LogP contribution in [0.15, 0.2) is 279 Å². The van der Waals surface area contributed by atoms with Crippen LogP contribution in [-0.2, 0) is 0 Å². The Morgan fingerprint density at radius 2 is 0.530 bits per heavy atom. The third-order valence-electron chi connectivity index (χ3n) is 17.1. The number of benzene rings is 12. The summed E-state index contributed by atoms with van der Waals surface area (Å²) in [4.78, 5) is 16.9. The van der Waals surface area contributed by atoms with E-state index >= 15 is 0 Å². The van der Waals surface area contributed by atoms with Crippen LogP contribution in [0.25, 0.3) is 161 Å². The number of hydrogen-bond acceptors (Lipinski definition) is 3. The van der Waals surface area contributed by atoms with Crippen molar-refractivity contribution in [3.05, 3.63) is 279 Å². The number of rotatable bonds is 7. The zero-order valence-corrected chi connectivity index (χ0v) is 44.6. The summed E-state index contributed by atoms with van der Waals surface area (Å²) in [5.74, 6) is 1.60. The maximum absolute atomic E-state index is 5.69. The quantitative estimate of drug-likeness (QED) is 0.160. The van der Waals surface area contributed by atoms with Gasteiger partial charge < -0.3 is 13.7 Å². The van der Waals surface area contributed by atoms with Gasteiger partial charge in [-0.05, 0) is 108 Å². The Morgan fingerprint density at radius 3 is 0.964 bits per heavy atom. The normalized spacial score (nSPS) is 12.1. The second kappa shape index (κ2) is 17.6. The van der Waals surface area contributed by atoms with Crippen molar-refractivity contribution in [2.45, 2.75) is 0 Å². The lowest BCUT2D eigenvalue weighted by molar-refractivity contribution is 0.893. The van der Waals surface area contributed by atoms with E-state index in [-0.39, 0.29) is 0 Å². The number of nitrogens with zero attached hydrogens (tertiary/aromatic N) is 8. The molecule has 18 rings (SSSR count). The molecular formula is C75H46N8. The largest absolute Gasteiger partial charge is 0.309 e. The second-order valence-electron chi connectivity index (χ2n) is 21.6. The van der Waals surface area contributed by atoms with Crippen molar-refractivity contribution in [1.29, 1.82) is 0 Å². The fourth-order valence-corrected chi connectivity index (χ4v) is 13.6. The van der Waals surface area contributed by atoms with Gasteiger partial charge in [-0.2, -0.15) is 15.0 Å². The van der Waals surface area contributed by atoms with E-state index in [2.05, 4.69) is 302 Å². The Balaban J connectivity index is 0.909. The minimum atomic E-state index is 0.519. The molecule has 0 saturated heterocycles. The van der Waals surface area contributed by atoms with Crippen molar-refractivity contribution in [3.63, 3.8) is 0 Å². The average Bonchev–Trinajstić information content (AvgIpc) is 4.19. The van der Waals surface area contributed by atoms with E-state index in [1.54, 1.807) is 0 Å². The third-order valence-corrected chi connectivity index (χ3v) is 17.1. The highest BCUT2D eigenvalue weighted by Gasteiger charge is 2.25. The Labute approximate surface area is 474 Å². The fourth-order valence-electron chi connectivity index (χ4n) is 13.6. The van der Waals surface area contributed by atoms with Gasteiger partial charge in [0.1, 0.15) is 0 Å². The molecule has 0 atom stereocenters. The molecule has 0 fully saturated rings. The van der Waals surface area contributed by atoms with E-state index in [0.717, 1.165) is 105 Å². The highest BCUT2D eigenvalue weighted by molar-refractivity contribution is 6.21. The lowest BCUT2D eigenvalue weighted by Crippen LogP contribution is -2.10. The smallest absolute Gasteiger partial charge is 0.240 e. The van der Waals surface area contributed by atoms with Gasteiger partial charge in [0.05, 0.1) is 55.2 Å². The summed E-state index contributed by atoms with van der Waals surface area (Å²) in [6, 6.07) is 100. The molecule has 6 heterocycles. The first kappa shape index (κ1) is 45.5. The molecule has 0 aliphatic heterocycles. The van der Waals surface area contributed by atoms with Crippen molar-refractivity contribution in [2.24, 2.45) is 0 Å². The van der Waals surface area contributed by atoms with E-state index in [0.29, 0.717) is 17.7 Å². The van der Waals surface area contributed by atoms with Gasteiger partial charge in [0.15, 0.2) is 5.82 Å². The predicted octanol–water partition coefficient (Wildman–Crippen LogP) is 18.7. The molecule has 0 unspecified atom stereocenters. The van der Waals surface area contributed by atoms with E-state index in [9.17, 15) is 0 Å². The van der Waals surface area contributed by atoms with Gasteiger partial charge in [0.2, 0.25) is 11.9 Å². The molecule has 0 bridgehead atoms. The monoisotopic (exact) mass is 1060 g/mol. The van der Waals surface area contributed by atoms with Crippen LogP contribution < -0.4 is 0 Å². The van der Waals surface area contributed by atoms with Gasteiger partial charge >= 0.3 is 0 Å². The summed E-state index contributed by atoms with van der Waals surface area (Å²) in [5, 5.41) is 11.6. The minimum Gasteiger partial charge on any atom is -0.309 e. The fraction of sp³-hybridized carbons (Fsp3) is 0. The van der Waals surface area contributed by atoms with Gasteiger partial charge in [0.25, 0.3) is 0 Å². The summed E-state index contributed by atoms with van der Waals surface area (Å²) in [5.41, 5.74) is 17.3. The molecule has 0 aliphatic carbocycles. The first-order chi connectivity index (χ1) is 41.2. The van der Waals surface area contributed by atoms with E-state index in [4.69, 9.17) is 15.0 Å². The zero-order valence-electron chi connectivity index (χ0n) is 44.6. The van der Waals surface area contributed by atoms with Gasteiger partial charge in [-0.15, -0.1) is 0 Å². The van der Waals surface area contributed by atoms with Gasteiger partial charge in [0, 0.05) is 76.5 Å². The first-order valence-corrected chi connectivity index (χ1v) is 28.2. The van der Waals surface area contributed by atoms with E-state index in [1.807, 2.05) is 0 Å². The third kappa shape index (κ3) is 6.66. The van der Waals surface area contributed by atoms with Crippen molar-refractivity contribution in [3.8, 4) is 51.5 Å². The highest BCUT2D eigenvalue weighted by atomic mass is 15.3. The number of para-hydroxylation sites is 8. The Kier molecular flexibility index (Phi) is 9.64. The molecule has 6 aromatic heterocycles. The summed E-state index contributed by atoms with van der Waals surface area (Å²) >= 11 is 0. The van der Waals surface area contributed by atoms with Crippen LogP contribution >= 0.6 is 0 Å². The standard InChI is InChI=1S/C75H46N8/c1-4-21-49(22-5-1)79-66-37-19-14-31-57(66)72-52(32-20-38-67(72)79)47-39-41-48(42-40-47)73-76-74(82-64-35-17-12-29-55(64)60-43-58-53-27-10-15-33-62(53)80(68(58)45-70(60)82)50-23-6-2-7-24-50)78-75(77-73)83-65-36-18-13-30-56(65)61-44-59-54-28-11-16-34-63(54)81(69(59)46-71(61)83)51-25-8-3-9-26-51/h1-46H. The van der Waals surface area contributed by atoms with Crippen LogP contribution in [0.5, 0.6) is 0 Å². The van der Waals surface area contributed by atoms with Crippen LogP contribution in [0.4, 0.5) is 0 Å². The average molecular weight is 1060 g/mol. The lowest BCUT2D eigenvalue weighted by Gasteiger charge is -2.14. The molecule has 8 heteroatoms. The molecule has 0 saturated carbocycles. The zero-order chi connectivity index (χ0) is 54.3. The van der Waals surface area contributed by atoms with Gasteiger partial charge in [-0.1, -0.05) is 182 Å². The Morgan fingerprint density at radius 1 is 0.205 bits per heavy atom. The van der Waals surface area contributed by atoms with Crippen LogP contribution in [0.3, 0.4) is 0 Å². The van der Waals surface area contributed by atoms with E-state index < -0.39 is 0 Å². The van der Waals surface area contributed by atoms with Crippen molar-refractivity contribution in [2.75, 3.05) is 0 Å². The maximum atomic E-state index is 5.69. The topological polar surface area (TPSA) is 63.3 Å². The van der Waals surface area contributed by atoms with Crippen molar-refractivity contribution >= 4 is 109 Å². The molecule has 0 spiro atoms. The number of fused-ring (bicyclic) bond motifs is 15. The van der Waals surface area contributed by atoms with E-state index in [1.165, 1.54) is 37.8 Å². The molecule has 83 heavy (non-hydrogen) atoms. The minimum absolute atomic E-state index is 0.519. The molecule has 0 N–H and O–H groups in total. The van der Waals surface area contributed by atoms with Crippen molar-refractivity contribution < 1.29 is 0 Å². The van der Waals surface area contributed by atoms with Gasteiger partial charge in [-0.3, -0.25) is 9.13 Å². The summed E-state index contributed by atoms with van der Waals surface area (Å²) in [7, 11) is 0. The summed E-state index contributed by atoms with van der Waals surface area (Å²) in [6.07, 6.45) is 0. The highest BCUT2D eigenvalue weighted by Crippen LogP contribution is 2.44. The van der Waals surface area contributed by atoms with Crippen LogP contribution in [0.1, 0.15) is 0 Å². The van der Waals surface area contributed by atoms with Crippen molar-refractivity contribution in [1.82, 2.24) is 37.8 Å². The molecular weight excluding hydrogens is 1010 g/mol. The lowest BCUT2D eigenvalue weighted by atomic mass is 9.98. The SMILES string of the molecule is c1ccc(-n2c3ccccc3c3cc4c5ccccc5n(-c5nc(-c6ccc(-c7cccc8c7c7ccccc7n8-c7ccccc7)cc6)nc(-n6c7ccccc7c7cc8c9ccccc9n(-c9ccccc9)c8cc76)n5)c4cc32)cc1. The van der Waals surface area contributed by atoms with Crippen LogP contribution in [0, 0.1) is 0 Å². The molecule has 0 amide bonds. The molecule has 0 aliphatic rings. The van der Waals surface area contributed by atoms with Gasteiger partial charge in [-0.25, -0.2) is 0 Å². The molecule has 12 aromatic carbocycles. The molecule has 0 radical (unpaired) electrons. The second-order valence-corrected chi connectivity index (χ2v) is 21.6. The number of aromatic nitrogens is 8. The maximum Gasteiger partial charge on any atom is 0.240 e.